The lowest BCUT2D eigenvalue weighted by molar-refractivity contribution is -0.130. The van der Waals surface area contributed by atoms with Crippen molar-refractivity contribution >= 4 is 45.4 Å². The molecule has 1 fully saturated rings. The normalized spacial score (nSPS) is 15.8. The summed E-state index contributed by atoms with van der Waals surface area (Å²) in [5.41, 5.74) is 2.73. The number of benzene rings is 4. The van der Waals surface area contributed by atoms with Gasteiger partial charge in [-0.05, 0) is 64.0 Å². The minimum absolute atomic E-state index is 0.125. The number of aliphatic imine (C=N–C) groups is 1. The van der Waals surface area contributed by atoms with Crippen LogP contribution in [0, 0.1) is 0 Å². The number of hydrogen-bond donors (Lipinski definition) is 0. The summed E-state index contributed by atoms with van der Waals surface area (Å²) in [5, 5.41) is 6.26. The average molecular weight is 510 g/mol. The van der Waals surface area contributed by atoms with Gasteiger partial charge in [-0.25, -0.2) is 15.0 Å². The van der Waals surface area contributed by atoms with Gasteiger partial charge in [0.15, 0.2) is 16.7 Å². The molecule has 7 heteroatoms. The highest BCUT2D eigenvalue weighted by Gasteiger charge is 2.35. The van der Waals surface area contributed by atoms with Gasteiger partial charge in [0, 0.05) is 14.1 Å². The van der Waals surface area contributed by atoms with Gasteiger partial charge >= 0.3 is 0 Å². The number of para-hydroxylation sites is 1. The predicted molar refractivity (Wildman–Crippen MR) is 151 cm³/mol. The van der Waals surface area contributed by atoms with E-state index in [4.69, 9.17) is 9.47 Å². The Morgan fingerprint density at radius 3 is 2.46 bits per heavy atom. The zero-order chi connectivity index (χ0) is 25.8. The number of hydrazine groups is 1. The van der Waals surface area contributed by atoms with Crippen molar-refractivity contribution < 1.29 is 14.3 Å². The van der Waals surface area contributed by atoms with E-state index in [2.05, 4.69) is 29.3 Å². The molecule has 5 rings (SSSR count). The minimum Gasteiger partial charge on any atom is -0.493 e. The number of fused-ring (bicyclic) bond motifs is 1. The summed E-state index contributed by atoms with van der Waals surface area (Å²) in [6.07, 6.45) is 1.86. The molecule has 0 spiro atoms. The standard InChI is InChI=1S/C30H27N3O3S/c1-32(2)33-29(34)28(37-30(33)31-24-13-5-4-6-14-24)19-21-16-17-26(27(18-21)35-3)36-20-23-12-9-11-22-10-7-8-15-25(22)23/h4-19H,20H2,1-3H3/b28-19+,31-30?. The molecule has 37 heavy (non-hydrogen) atoms. The molecule has 1 amide bonds. The van der Waals surface area contributed by atoms with Crippen molar-refractivity contribution in [3.05, 3.63) is 107 Å². The lowest BCUT2D eigenvalue weighted by Gasteiger charge is -2.22. The third-order valence-corrected chi connectivity index (χ3v) is 6.87. The van der Waals surface area contributed by atoms with E-state index in [9.17, 15) is 4.79 Å². The molecule has 0 unspecified atom stereocenters. The Hall–Kier alpha value is -4.07. The van der Waals surface area contributed by atoms with Crippen molar-refractivity contribution in [3.8, 4) is 11.5 Å². The highest BCUT2D eigenvalue weighted by atomic mass is 32.2. The fourth-order valence-electron chi connectivity index (χ4n) is 4.12. The Balaban J connectivity index is 1.38. The van der Waals surface area contributed by atoms with Crippen LogP contribution in [0.3, 0.4) is 0 Å². The summed E-state index contributed by atoms with van der Waals surface area (Å²) in [7, 11) is 5.27. The summed E-state index contributed by atoms with van der Waals surface area (Å²) in [6, 6.07) is 29.8. The summed E-state index contributed by atoms with van der Waals surface area (Å²) >= 11 is 1.34. The molecular weight excluding hydrogens is 482 g/mol. The number of carbonyl (C=O) groups excluding carboxylic acids is 1. The number of rotatable bonds is 7. The first-order valence-corrected chi connectivity index (χ1v) is 12.7. The summed E-state index contributed by atoms with van der Waals surface area (Å²) in [4.78, 5) is 18.5. The second-order valence-electron chi connectivity index (χ2n) is 8.64. The number of amidine groups is 1. The Labute approximate surface area is 220 Å². The molecule has 0 aromatic heterocycles. The first-order valence-electron chi connectivity index (χ1n) is 11.9. The zero-order valence-corrected chi connectivity index (χ0v) is 21.7. The number of methoxy groups -OCH3 is 1. The van der Waals surface area contributed by atoms with Crippen LogP contribution in [0.15, 0.2) is 101 Å². The van der Waals surface area contributed by atoms with Crippen molar-refractivity contribution in [2.45, 2.75) is 6.61 Å². The maximum absolute atomic E-state index is 13.2. The number of ether oxygens (including phenoxy) is 2. The van der Waals surface area contributed by atoms with E-state index in [-0.39, 0.29) is 5.91 Å². The number of hydrogen-bond acceptors (Lipinski definition) is 6. The molecule has 1 aliphatic rings. The second-order valence-corrected chi connectivity index (χ2v) is 9.65. The zero-order valence-electron chi connectivity index (χ0n) is 20.9. The van der Waals surface area contributed by atoms with Gasteiger partial charge in [0.25, 0.3) is 5.91 Å². The highest BCUT2D eigenvalue weighted by Crippen LogP contribution is 2.36. The van der Waals surface area contributed by atoms with Crippen molar-refractivity contribution in [3.63, 3.8) is 0 Å². The molecule has 186 valence electrons. The van der Waals surface area contributed by atoms with Crippen LogP contribution in [0.5, 0.6) is 11.5 Å². The maximum atomic E-state index is 13.2. The molecule has 4 aromatic rings. The lowest BCUT2D eigenvalue weighted by atomic mass is 10.1. The molecule has 1 aliphatic heterocycles. The fraction of sp³-hybridized carbons (Fsp3) is 0.133. The van der Waals surface area contributed by atoms with Crippen LogP contribution in [0.4, 0.5) is 5.69 Å². The fourth-order valence-corrected chi connectivity index (χ4v) is 5.17. The molecule has 6 nitrogen and oxygen atoms in total. The van der Waals surface area contributed by atoms with Crippen LogP contribution < -0.4 is 9.47 Å². The Morgan fingerprint density at radius 1 is 0.919 bits per heavy atom. The molecule has 0 saturated carbocycles. The van der Waals surface area contributed by atoms with E-state index in [1.807, 2.05) is 86.9 Å². The van der Waals surface area contributed by atoms with E-state index in [1.165, 1.54) is 22.5 Å². The molecule has 0 aliphatic carbocycles. The van der Waals surface area contributed by atoms with Crippen molar-refractivity contribution in [1.29, 1.82) is 0 Å². The van der Waals surface area contributed by atoms with Crippen molar-refractivity contribution in [2.75, 3.05) is 21.2 Å². The quantitative estimate of drug-likeness (QED) is 0.266. The van der Waals surface area contributed by atoms with E-state index in [0.29, 0.717) is 28.2 Å². The lowest BCUT2D eigenvalue weighted by Crippen LogP contribution is -2.40. The van der Waals surface area contributed by atoms with E-state index in [1.54, 1.807) is 17.1 Å². The van der Waals surface area contributed by atoms with Crippen molar-refractivity contribution in [2.24, 2.45) is 4.99 Å². The average Bonchev–Trinajstić information content (AvgIpc) is 3.22. The third-order valence-electron chi connectivity index (χ3n) is 5.92. The molecule has 1 heterocycles. The first kappa shape index (κ1) is 24.6. The molecule has 1 saturated heterocycles. The van der Waals surface area contributed by atoms with E-state index >= 15 is 0 Å². The van der Waals surface area contributed by atoms with Gasteiger partial charge in [0.1, 0.15) is 6.61 Å². The van der Waals surface area contributed by atoms with Crippen LogP contribution in [0.1, 0.15) is 11.1 Å². The molecule has 0 atom stereocenters. The van der Waals surface area contributed by atoms with Crippen LogP contribution in [-0.2, 0) is 11.4 Å². The predicted octanol–water partition coefficient (Wildman–Crippen LogP) is 6.51. The van der Waals surface area contributed by atoms with Crippen LogP contribution >= 0.6 is 11.8 Å². The van der Waals surface area contributed by atoms with Crippen molar-refractivity contribution in [1.82, 2.24) is 10.0 Å². The number of carbonyl (C=O) groups is 1. The number of thioether (sulfide) groups is 1. The van der Waals surface area contributed by atoms with Gasteiger partial charge in [-0.3, -0.25) is 4.79 Å². The SMILES string of the molecule is COc1cc(/C=C2/SC(=Nc3ccccc3)N(N(C)C)C2=O)ccc1OCc1cccc2ccccc12. The Kier molecular flexibility index (Phi) is 7.25. The monoisotopic (exact) mass is 509 g/mol. The second kappa shape index (κ2) is 10.9. The number of amides is 1. The van der Waals surface area contributed by atoms with Crippen LogP contribution in [0.2, 0.25) is 0 Å². The number of nitrogens with zero attached hydrogens (tertiary/aromatic N) is 3. The summed E-state index contributed by atoms with van der Waals surface area (Å²) in [5.74, 6) is 1.12. The Morgan fingerprint density at radius 2 is 1.68 bits per heavy atom. The smallest absolute Gasteiger partial charge is 0.281 e. The Bertz CT molecular complexity index is 1490. The molecular formula is C30H27N3O3S. The van der Waals surface area contributed by atoms with Crippen LogP contribution in [-0.4, -0.2) is 42.3 Å². The maximum Gasteiger partial charge on any atom is 0.281 e. The van der Waals surface area contributed by atoms with Gasteiger partial charge in [0.2, 0.25) is 0 Å². The topological polar surface area (TPSA) is 54.4 Å². The summed E-state index contributed by atoms with van der Waals surface area (Å²) < 4.78 is 11.8. The van der Waals surface area contributed by atoms with Gasteiger partial charge < -0.3 is 9.47 Å². The third kappa shape index (κ3) is 5.38. The molecule has 4 aromatic carbocycles. The molecule has 0 radical (unpaired) electrons. The minimum atomic E-state index is -0.125. The van der Waals surface area contributed by atoms with Gasteiger partial charge in [-0.2, -0.15) is 0 Å². The molecule has 0 bridgehead atoms. The van der Waals surface area contributed by atoms with E-state index < -0.39 is 0 Å². The first-order chi connectivity index (χ1) is 18.0. The van der Waals surface area contributed by atoms with E-state index in [0.717, 1.165) is 16.8 Å². The van der Waals surface area contributed by atoms with Gasteiger partial charge in [-0.15, -0.1) is 0 Å². The largest absolute Gasteiger partial charge is 0.493 e. The van der Waals surface area contributed by atoms with Gasteiger partial charge in [-0.1, -0.05) is 66.7 Å². The van der Waals surface area contributed by atoms with Gasteiger partial charge in [0.05, 0.1) is 17.7 Å². The summed E-state index contributed by atoms with van der Waals surface area (Å²) in [6.45, 7) is 0.420. The molecule has 0 N–H and O–H groups in total. The highest BCUT2D eigenvalue weighted by molar-refractivity contribution is 8.18. The van der Waals surface area contributed by atoms with Crippen LogP contribution in [0.25, 0.3) is 16.8 Å².